The standard InChI is InChI=1S/C24H26N4O3S/c1-2-31-21-9-5-18(6-10-21)23(30)27-14-11-19(12-15-27)26-22(29)17-3-7-20(8-4-17)28-16-13-25-24(28)32/h3-10,13,16,19H,2,11-12,14-15H2,1H3,(H,25,32)(H,26,29). The molecule has 32 heavy (non-hydrogen) atoms. The zero-order valence-electron chi connectivity index (χ0n) is 17.9. The monoisotopic (exact) mass is 450 g/mol. The highest BCUT2D eigenvalue weighted by Crippen LogP contribution is 2.18. The summed E-state index contributed by atoms with van der Waals surface area (Å²) in [5.74, 6) is 0.664. The van der Waals surface area contributed by atoms with Gasteiger partial charge in [0, 0.05) is 48.3 Å². The van der Waals surface area contributed by atoms with Gasteiger partial charge in [-0.05, 0) is 80.5 Å². The van der Waals surface area contributed by atoms with Crippen molar-refractivity contribution >= 4 is 24.0 Å². The molecule has 2 heterocycles. The molecule has 8 heteroatoms. The SMILES string of the molecule is CCOc1ccc(C(=O)N2CCC(NC(=O)c3ccc(-n4cc[nH]c4=S)cc3)CC2)cc1. The van der Waals surface area contributed by atoms with Gasteiger partial charge in [0.05, 0.1) is 6.61 Å². The van der Waals surface area contributed by atoms with Crippen LogP contribution < -0.4 is 10.1 Å². The van der Waals surface area contributed by atoms with Crippen LogP contribution in [0.15, 0.2) is 60.9 Å². The van der Waals surface area contributed by atoms with Crippen LogP contribution in [0.5, 0.6) is 5.75 Å². The first-order valence-electron chi connectivity index (χ1n) is 10.7. The highest BCUT2D eigenvalue weighted by molar-refractivity contribution is 7.71. The lowest BCUT2D eigenvalue weighted by molar-refractivity contribution is 0.0698. The van der Waals surface area contributed by atoms with E-state index >= 15 is 0 Å². The molecular formula is C24H26N4O3S. The van der Waals surface area contributed by atoms with Crippen LogP contribution in [0.3, 0.4) is 0 Å². The molecule has 2 aromatic carbocycles. The highest BCUT2D eigenvalue weighted by atomic mass is 32.1. The molecule has 0 spiro atoms. The molecule has 2 N–H and O–H groups in total. The van der Waals surface area contributed by atoms with Crippen LogP contribution in [-0.2, 0) is 0 Å². The summed E-state index contributed by atoms with van der Waals surface area (Å²) in [6, 6.07) is 14.6. The third-order valence-electron chi connectivity index (χ3n) is 5.59. The summed E-state index contributed by atoms with van der Waals surface area (Å²) in [6.45, 7) is 3.75. The number of carbonyl (C=O) groups excluding carboxylic acids is 2. The largest absolute Gasteiger partial charge is 0.494 e. The Balaban J connectivity index is 1.30. The maximum absolute atomic E-state index is 12.8. The normalized spacial score (nSPS) is 14.2. The van der Waals surface area contributed by atoms with Gasteiger partial charge in [0.15, 0.2) is 4.77 Å². The minimum atomic E-state index is -0.106. The summed E-state index contributed by atoms with van der Waals surface area (Å²) in [4.78, 5) is 30.2. The number of H-pyrrole nitrogens is 1. The average molecular weight is 451 g/mol. The molecule has 3 aromatic rings. The Morgan fingerprint density at radius 1 is 1.06 bits per heavy atom. The predicted molar refractivity (Wildman–Crippen MR) is 125 cm³/mol. The van der Waals surface area contributed by atoms with Gasteiger partial charge in [0.1, 0.15) is 5.75 Å². The van der Waals surface area contributed by atoms with Gasteiger partial charge in [-0.15, -0.1) is 0 Å². The van der Waals surface area contributed by atoms with E-state index in [1.165, 1.54) is 0 Å². The van der Waals surface area contributed by atoms with Crippen LogP contribution in [0.25, 0.3) is 5.69 Å². The molecule has 0 aliphatic carbocycles. The number of imidazole rings is 1. The Morgan fingerprint density at radius 2 is 1.72 bits per heavy atom. The number of aromatic amines is 1. The maximum Gasteiger partial charge on any atom is 0.253 e. The Kier molecular flexibility index (Phi) is 6.70. The lowest BCUT2D eigenvalue weighted by Crippen LogP contribution is -2.46. The van der Waals surface area contributed by atoms with E-state index in [-0.39, 0.29) is 17.9 Å². The Labute approximate surface area is 192 Å². The summed E-state index contributed by atoms with van der Waals surface area (Å²) in [5, 5.41) is 3.09. The van der Waals surface area contributed by atoms with Gasteiger partial charge in [-0.25, -0.2) is 0 Å². The summed E-state index contributed by atoms with van der Waals surface area (Å²) in [5.41, 5.74) is 2.15. The number of rotatable bonds is 6. The van der Waals surface area contributed by atoms with Crippen molar-refractivity contribution in [1.82, 2.24) is 19.8 Å². The molecule has 2 amide bonds. The van der Waals surface area contributed by atoms with E-state index in [9.17, 15) is 9.59 Å². The number of aromatic nitrogens is 2. The fraction of sp³-hybridized carbons (Fsp3) is 0.292. The second-order valence-corrected chi connectivity index (χ2v) is 8.07. The molecule has 0 bridgehead atoms. The number of hydrogen-bond acceptors (Lipinski definition) is 4. The molecule has 1 aromatic heterocycles. The number of hydrogen-bond donors (Lipinski definition) is 2. The number of benzene rings is 2. The molecular weight excluding hydrogens is 424 g/mol. The van der Waals surface area contributed by atoms with Crippen LogP contribution in [0.1, 0.15) is 40.5 Å². The smallest absolute Gasteiger partial charge is 0.253 e. The topological polar surface area (TPSA) is 79.4 Å². The number of piperidine rings is 1. The summed E-state index contributed by atoms with van der Waals surface area (Å²) < 4.78 is 7.88. The first kappa shape index (κ1) is 21.8. The first-order valence-corrected chi connectivity index (χ1v) is 11.2. The molecule has 166 valence electrons. The van der Waals surface area contributed by atoms with Gasteiger partial charge in [-0.1, -0.05) is 0 Å². The molecule has 1 saturated heterocycles. The second kappa shape index (κ2) is 9.82. The number of ether oxygens (including phenoxy) is 1. The third-order valence-corrected chi connectivity index (χ3v) is 5.90. The van der Waals surface area contributed by atoms with Crippen molar-refractivity contribution in [2.24, 2.45) is 0 Å². The summed E-state index contributed by atoms with van der Waals surface area (Å²) >= 11 is 5.23. The van der Waals surface area contributed by atoms with Crippen LogP contribution in [0.2, 0.25) is 0 Å². The van der Waals surface area contributed by atoms with E-state index in [0.717, 1.165) is 24.3 Å². The van der Waals surface area contributed by atoms with Gasteiger partial charge in [-0.3, -0.25) is 14.2 Å². The molecule has 4 rings (SSSR count). The molecule has 1 aliphatic rings. The fourth-order valence-corrected chi connectivity index (χ4v) is 4.07. The number of nitrogens with zero attached hydrogens (tertiary/aromatic N) is 2. The Bertz CT molecular complexity index is 1130. The van der Waals surface area contributed by atoms with Crippen LogP contribution in [-0.4, -0.2) is 52.0 Å². The van der Waals surface area contributed by atoms with E-state index in [1.54, 1.807) is 30.5 Å². The van der Waals surface area contributed by atoms with Crippen LogP contribution in [0.4, 0.5) is 0 Å². The molecule has 0 unspecified atom stereocenters. The van der Waals surface area contributed by atoms with Crippen molar-refractivity contribution < 1.29 is 14.3 Å². The zero-order valence-corrected chi connectivity index (χ0v) is 18.7. The van der Waals surface area contributed by atoms with Crippen molar-refractivity contribution in [2.75, 3.05) is 19.7 Å². The minimum absolute atomic E-state index is 0.0109. The van der Waals surface area contributed by atoms with Crippen LogP contribution >= 0.6 is 12.2 Å². The number of nitrogens with one attached hydrogen (secondary N) is 2. The van der Waals surface area contributed by atoms with E-state index in [4.69, 9.17) is 17.0 Å². The minimum Gasteiger partial charge on any atom is -0.494 e. The number of carbonyl (C=O) groups is 2. The second-order valence-electron chi connectivity index (χ2n) is 7.68. The molecule has 1 fully saturated rings. The van der Waals surface area contributed by atoms with Crippen molar-refractivity contribution in [3.63, 3.8) is 0 Å². The van der Waals surface area contributed by atoms with Crippen molar-refractivity contribution in [1.29, 1.82) is 0 Å². The third kappa shape index (κ3) is 4.91. The number of amides is 2. The Hall–Kier alpha value is -3.39. The van der Waals surface area contributed by atoms with Gasteiger partial charge >= 0.3 is 0 Å². The zero-order chi connectivity index (χ0) is 22.5. The van der Waals surface area contributed by atoms with Gasteiger partial charge in [0.2, 0.25) is 0 Å². The molecule has 7 nitrogen and oxygen atoms in total. The van der Waals surface area contributed by atoms with E-state index in [0.29, 0.717) is 35.6 Å². The van der Waals surface area contributed by atoms with Gasteiger partial charge in [0.25, 0.3) is 11.8 Å². The molecule has 1 aliphatic heterocycles. The average Bonchev–Trinajstić information content (AvgIpc) is 3.26. The first-order chi connectivity index (χ1) is 15.5. The molecule has 0 atom stereocenters. The Morgan fingerprint density at radius 3 is 2.31 bits per heavy atom. The van der Waals surface area contributed by atoms with E-state index in [1.807, 2.05) is 46.9 Å². The van der Waals surface area contributed by atoms with Gasteiger partial charge < -0.3 is 19.9 Å². The van der Waals surface area contributed by atoms with Crippen molar-refractivity contribution in [3.8, 4) is 11.4 Å². The summed E-state index contributed by atoms with van der Waals surface area (Å²) in [7, 11) is 0. The number of likely N-dealkylation sites (tertiary alicyclic amines) is 1. The van der Waals surface area contributed by atoms with E-state index in [2.05, 4.69) is 10.3 Å². The van der Waals surface area contributed by atoms with Crippen LogP contribution in [0, 0.1) is 4.77 Å². The molecule has 0 radical (unpaired) electrons. The lowest BCUT2D eigenvalue weighted by Gasteiger charge is -2.32. The molecule has 0 saturated carbocycles. The fourth-order valence-electron chi connectivity index (χ4n) is 3.84. The van der Waals surface area contributed by atoms with E-state index < -0.39 is 0 Å². The van der Waals surface area contributed by atoms with Gasteiger partial charge in [-0.2, -0.15) is 0 Å². The quantitative estimate of drug-likeness (QED) is 0.557. The maximum atomic E-state index is 12.8. The predicted octanol–water partition coefficient (Wildman–Crippen LogP) is 3.97. The summed E-state index contributed by atoms with van der Waals surface area (Å²) in [6.07, 6.45) is 5.08. The lowest BCUT2D eigenvalue weighted by atomic mass is 10.0. The van der Waals surface area contributed by atoms with Crippen molar-refractivity contribution in [3.05, 3.63) is 76.8 Å². The van der Waals surface area contributed by atoms with Crippen molar-refractivity contribution in [2.45, 2.75) is 25.8 Å². The highest BCUT2D eigenvalue weighted by Gasteiger charge is 2.25.